The highest BCUT2D eigenvalue weighted by Crippen LogP contribution is 2.23. The number of carboxylic acid groups (broad SMARTS) is 1. The number of halogens is 1. The summed E-state index contributed by atoms with van der Waals surface area (Å²) in [6.45, 7) is 0.192. The Labute approximate surface area is 129 Å². The predicted octanol–water partition coefficient (Wildman–Crippen LogP) is 2.97. The first-order chi connectivity index (χ1) is 9.61. The molecule has 1 N–H and O–H groups in total. The highest BCUT2D eigenvalue weighted by Gasteiger charge is 2.13. The molecule has 6 heteroatoms. The first-order valence-electron chi connectivity index (χ1n) is 5.75. The summed E-state index contributed by atoms with van der Waals surface area (Å²) in [7, 11) is 1.53. The molecule has 0 saturated heterocycles. The van der Waals surface area contributed by atoms with Crippen LogP contribution in [-0.4, -0.2) is 23.2 Å². The van der Waals surface area contributed by atoms with Gasteiger partial charge >= 0.3 is 5.97 Å². The molecule has 20 heavy (non-hydrogen) atoms. The van der Waals surface area contributed by atoms with Gasteiger partial charge in [-0.15, -0.1) is 0 Å². The molecule has 0 aliphatic carbocycles. The number of carbonyl (C=O) groups is 1. The van der Waals surface area contributed by atoms with Crippen LogP contribution < -0.4 is 9.47 Å². The van der Waals surface area contributed by atoms with E-state index in [-0.39, 0.29) is 12.2 Å². The van der Waals surface area contributed by atoms with Gasteiger partial charge in [0, 0.05) is 9.77 Å². The molecule has 0 saturated carbocycles. The van der Waals surface area contributed by atoms with Crippen LogP contribution in [0.3, 0.4) is 0 Å². The quantitative estimate of drug-likeness (QED) is 0.802. The number of benzene rings is 1. The maximum Gasteiger partial charge on any atom is 0.339 e. The Morgan fingerprint density at radius 2 is 2.20 bits per heavy atom. The molecule has 1 aromatic carbocycles. The van der Waals surface area contributed by atoms with Crippen molar-refractivity contribution in [2.75, 3.05) is 7.11 Å². The lowest BCUT2D eigenvalue weighted by Crippen LogP contribution is -2.05. The fourth-order valence-corrected chi connectivity index (χ4v) is 2.16. The number of methoxy groups -OCH3 is 1. The van der Waals surface area contributed by atoms with E-state index >= 15 is 0 Å². The van der Waals surface area contributed by atoms with Crippen molar-refractivity contribution in [1.29, 1.82) is 0 Å². The van der Waals surface area contributed by atoms with Gasteiger partial charge in [0.2, 0.25) is 5.88 Å². The van der Waals surface area contributed by atoms with E-state index in [2.05, 4.69) is 27.6 Å². The van der Waals surface area contributed by atoms with Crippen molar-refractivity contribution in [3.05, 3.63) is 51.2 Å². The number of hydrogen-bond acceptors (Lipinski definition) is 4. The van der Waals surface area contributed by atoms with Gasteiger partial charge in [-0.25, -0.2) is 9.78 Å². The first kappa shape index (κ1) is 14.6. The molecule has 0 bridgehead atoms. The zero-order chi connectivity index (χ0) is 14.5. The van der Waals surface area contributed by atoms with Crippen LogP contribution in [-0.2, 0) is 6.61 Å². The largest absolute Gasteiger partial charge is 0.488 e. The number of ether oxygens (including phenoxy) is 2. The number of aromatic nitrogens is 1. The normalized spacial score (nSPS) is 10.1. The molecule has 5 nitrogen and oxygen atoms in total. The number of rotatable bonds is 5. The Morgan fingerprint density at radius 3 is 2.90 bits per heavy atom. The van der Waals surface area contributed by atoms with Crippen molar-refractivity contribution >= 4 is 28.6 Å². The third-order valence-corrected chi connectivity index (χ3v) is 3.27. The van der Waals surface area contributed by atoms with Crippen molar-refractivity contribution in [1.82, 2.24) is 4.98 Å². The number of pyridine rings is 1. The Hall–Kier alpha value is -1.83. The van der Waals surface area contributed by atoms with Gasteiger partial charge in [0.15, 0.2) is 0 Å². The Kier molecular flexibility index (Phi) is 4.78. The highest BCUT2D eigenvalue weighted by molar-refractivity contribution is 14.1. The van der Waals surface area contributed by atoms with Crippen LogP contribution >= 0.6 is 22.6 Å². The van der Waals surface area contributed by atoms with Gasteiger partial charge in [-0.1, -0.05) is 0 Å². The molecule has 2 rings (SSSR count). The van der Waals surface area contributed by atoms with Crippen LogP contribution in [0.5, 0.6) is 11.6 Å². The van der Waals surface area contributed by atoms with E-state index in [1.807, 2.05) is 6.07 Å². The van der Waals surface area contributed by atoms with Crippen LogP contribution in [0.15, 0.2) is 36.5 Å². The Bertz CT molecular complexity index is 630. The third kappa shape index (κ3) is 3.38. The van der Waals surface area contributed by atoms with E-state index in [0.717, 1.165) is 9.13 Å². The van der Waals surface area contributed by atoms with Gasteiger partial charge in [-0.2, -0.15) is 0 Å². The molecule has 0 spiro atoms. The summed E-state index contributed by atoms with van der Waals surface area (Å²) in [5.41, 5.74) is 0.893. The summed E-state index contributed by atoms with van der Waals surface area (Å²) in [6.07, 6.45) is 1.62. The van der Waals surface area contributed by atoms with Crippen molar-refractivity contribution in [2.24, 2.45) is 0 Å². The van der Waals surface area contributed by atoms with E-state index in [1.165, 1.54) is 7.11 Å². The molecule has 0 atom stereocenters. The maximum absolute atomic E-state index is 11.2. The monoisotopic (exact) mass is 385 g/mol. The summed E-state index contributed by atoms with van der Waals surface area (Å²) in [5, 5.41) is 9.17. The fourth-order valence-electron chi connectivity index (χ4n) is 1.67. The average Bonchev–Trinajstić information content (AvgIpc) is 2.46. The second-order valence-electron chi connectivity index (χ2n) is 3.91. The number of hydrogen-bond donors (Lipinski definition) is 1. The van der Waals surface area contributed by atoms with Gasteiger partial charge in [-0.05, 0) is 52.9 Å². The van der Waals surface area contributed by atoms with Crippen LogP contribution in [0.25, 0.3) is 0 Å². The Morgan fingerprint density at radius 1 is 1.40 bits per heavy atom. The van der Waals surface area contributed by atoms with E-state index < -0.39 is 5.97 Å². The zero-order valence-corrected chi connectivity index (χ0v) is 12.8. The lowest BCUT2D eigenvalue weighted by molar-refractivity contribution is 0.0691. The van der Waals surface area contributed by atoms with Crippen molar-refractivity contribution < 1.29 is 19.4 Å². The molecule has 0 aliphatic heterocycles. The van der Waals surface area contributed by atoms with Gasteiger partial charge < -0.3 is 14.6 Å². The van der Waals surface area contributed by atoms with Gasteiger partial charge in [-0.3, -0.25) is 0 Å². The molecule has 2 aromatic rings. The number of aromatic carboxylic acids is 1. The van der Waals surface area contributed by atoms with Crippen molar-refractivity contribution in [2.45, 2.75) is 6.61 Å². The molecule has 0 unspecified atom stereocenters. The molecular formula is C14H12INO4. The number of nitrogens with zero attached hydrogens (tertiary/aromatic N) is 1. The summed E-state index contributed by atoms with van der Waals surface area (Å²) in [6, 6.07) is 8.60. The minimum absolute atomic E-state index is 0.139. The van der Waals surface area contributed by atoms with Crippen molar-refractivity contribution in [3.63, 3.8) is 0 Å². The van der Waals surface area contributed by atoms with Crippen LogP contribution in [0.2, 0.25) is 0 Å². The molecule has 0 amide bonds. The van der Waals surface area contributed by atoms with E-state index in [9.17, 15) is 4.79 Å². The topological polar surface area (TPSA) is 68.7 Å². The summed E-state index contributed by atoms with van der Waals surface area (Å²) >= 11 is 2.06. The van der Waals surface area contributed by atoms with Crippen LogP contribution in [0, 0.1) is 3.57 Å². The van der Waals surface area contributed by atoms with Gasteiger partial charge in [0.25, 0.3) is 0 Å². The first-order valence-corrected chi connectivity index (χ1v) is 6.83. The SMILES string of the molecule is COc1ncccc1COc1ccc(I)cc1C(=O)O. The predicted molar refractivity (Wildman–Crippen MR) is 81.2 cm³/mol. The fraction of sp³-hybridized carbons (Fsp3) is 0.143. The van der Waals surface area contributed by atoms with Gasteiger partial charge in [0.1, 0.15) is 17.9 Å². The summed E-state index contributed by atoms with van der Waals surface area (Å²) < 4.78 is 11.5. The second-order valence-corrected chi connectivity index (χ2v) is 5.15. The lowest BCUT2D eigenvalue weighted by atomic mass is 10.2. The zero-order valence-electron chi connectivity index (χ0n) is 10.7. The molecule has 0 aliphatic rings. The molecular weight excluding hydrogens is 373 g/mol. The van der Waals surface area contributed by atoms with E-state index in [4.69, 9.17) is 14.6 Å². The maximum atomic E-state index is 11.2. The average molecular weight is 385 g/mol. The number of carboxylic acids is 1. The molecule has 104 valence electrons. The standard InChI is InChI=1S/C14H12INO4/c1-19-13-9(3-2-6-16-13)8-20-12-5-4-10(15)7-11(12)14(17)18/h2-7H,8H2,1H3,(H,17,18). The Balaban J connectivity index is 2.21. The smallest absolute Gasteiger partial charge is 0.339 e. The molecule has 0 fully saturated rings. The molecule has 0 radical (unpaired) electrons. The molecule has 1 aromatic heterocycles. The summed E-state index contributed by atoms with van der Waals surface area (Å²) in [5.74, 6) is -0.227. The van der Waals surface area contributed by atoms with Crippen molar-refractivity contribution in [3.8, 4) is 11.6 Å². The van der Waals surface area contributed by atoms with Crippen LogP contribution in [0.4, 0.5) is 0 Å². The summed E-state index contributed by atoms with van der Waals surface area (Å²) in [4.78, 5) is 15.2. The van der Waals surface area contributed by atoms with Crippen LogP contribution in [0.1, 0.15) is 15.9 Å². The van der Waals surface area contributed by atoms with E-state index in [0.29, 0.717) is 11.6 Å². The molecule has 1 heterocycles. The highest BCUT2D eigenvalue weighted by atomic mass is 127. The minimum atomic E-state index is -1.02. The lowest BCUT2D eigenvalue weighted by Gasteiger charge is -2.11. The van der Waals surface area contributed by atoms with Gasteiger partial charge in [0.05, 0.1) is 12.7 Å². The van der Waals surface area contributed by atoms with E-state index in [1.54, 1.807) is 30.5 Å². The third-order valence-electron chi connectivity index (χ3n) is 2.60. The second kappa shape index (κ2) is 6.56. The minimum Gasteiger partial charge on any atom is -0.488 e.